The summed E-state index contributed by atoms with van der Waals surface area (Å²) in [6, 6.07) is 8.63. The van der Waals surface area contributed by atoms with E-state index in [0.717, 1.165) is 45.4 Å². The lowest BCUT2D eigenvalue weighted by Crippen LogP contribution is -2.35. The van der Waals surface area contributed by atoms with Gasteiger partial charge in [0.15, 0.2) is 5.96 Å². The van der Waals surface area contributed by atoms with Crippen LogP contribution >= 0.6 is 0 Å². The van der Waals surface area contributed by atoms with Crippen molar-refractivity contribution in [3.63, 3.8) is 0 Å². The van der Waals surface area contributed by atoms with Crippen molar-refractivity contribution in [2.45, 2.75) is 77.5 Å². The molecule has 0 atom stereocenters. The van der Waals surface area contributed by atoms with Crippen molar-refractivity contribution in [3.8, 4) is 0 Å². The summed E-state index contributed by atoms with van der Waals surface area (Å²) in [6.45, 7) is 6.68. The SMILES string of the molecule is CCCCCCCCNC(N)=NCc1ccc(CN2CCC(O)CC2)cc1. The fourth-order valence-electron chi connectivity index (χ4n) is 3.44. The van der Waals surface area contributed by atoms with Crippen LogP contribution in [0.25, 0.3) is 0 Å². The van der Waals surface area contributed by atoms with Gasteiger partial charge >= 0.3 is 0 Å². The van der Waals surface area contributed by atoms with Gasteiger partial charge in [0, 0.05) is 26.2 Å². The molecular weight excluding hydrogens is 336 g/mol. The molecule has 5 nitrogen and oxygen atoms in total. The molecule has 0 unspecified atom stereocenters. The molecule has 0 spiro atoms. The van der Waals surface area contributed by atoms with Gasteiger partial charge in [-0.15, -0.1) is 0 Å². The maximum atomic E-state index is 9.59. The van der Waals surface area contributed by atoms with E-state index in [1.807, 2.05) is 0 Å². The molecule has 1 saturated heterocycles. The Hall–Kier alpha value is -1.59. The first-order valence-electron chi connectivity index (χ1n) is 10.7. The number of nitrogens with zero attached hydrogens (tertiary/aromatic N) is 2. The van der Waals surface area contributed by atoms with Crippen molar-refractivity contribution in [3.05, 3.63) is 35.4 Å². The standard InChI is InChI=1S/C22H38N4O/c1-2-3-4-5-6-7-14-24-22(23)25-17-19-8-10-20(11-9-19)18-26-15-12-21(27)13-16-26/h8-11,21,27H,2-7,12-18H2,1H3,(H3,23,24,25). The topological polar surface area (TPSA) is 73.9 Å². The Morgan fingerprint density at radius 2 is 1.70 bits per heavy atom. The number of nitrogens with two attached hydrogens (primary N) is 1. The Bertz CT molecular complexity index is 536. The quantitative estimate of drug-likeness (QED) is 0.315. The molecule has 1 aliphatic rings. The summed E-state index contributed by atoms with van der Waals surface area (Å²) in [6.07, 6.45) is 9.38. The van der Waals surface area contributed by atoms with Gasteiger partial charge in [-0.25, -0.2) is 4.99 Å². The smallest absolute Gasteiger partial charge is 0.188 e. The zero-order valence-electron chi connectivity index (χ0n) is 17.0. The molecule has 4 N–H and O–H groups in total. The molecule has 2 rings (SSSR count). The third-order valence-electron chi connectivity index (χ3n) is 5.25. The van der Waals surface area contributed by atoms with E-state index in [0.29, 0.717) is 12.5 Å². The molecule has 0 saturated carbocycles. The number of aliphatic hydroxyl groups excluding tert-OH is 1. The van der Waals surface area contributed by atoms with Crippen molar-refractivity contribution in [2.24, 2.45) is 10.7 Å². The first-order chi connectivity index (χ1) is 13.2. The van der Waals surface area contributed by atoms with Crippen LogP contribution in [0.15, 0.2) is 29.3 Å². The summed E-state index contributed by atoms with van der Waals surface area (Å²) in [5.41, 5.74) is 8.45. The average molecular weight is 375 g/mol. The molecule has 0 bridgehead atoms. The van der Waals surface area contributed by atoms with Crippen LogP contribution in [-0.4, -0.2) is 41.7 Å². The predicted octanol–water partition coefficient (Wildman–Crippen LogP) is 3.41. The van der Waals surface area contributed by atoms with Crippen LogP contribution < -0.4 is 11.1 Å². The molecule has 1 fully saturated rings. The fraction of sp³-hybridized carbons (Fsp3) is 0.682. The number of aliphatic hydroxyl groups is 1. The van der Waals surface area contributed by atoms with Gasteiger partial charge in [-0.3, -0.25) is 4.90 Å². The van der Waals surface area contributed by atoms with Crippen LogP contribution in [0, 0.1) is 0 Å². The zero-order chi connectivity index (χ0) is 19.3. The van der Waals surface area contributed by atoms with E-state index in [1.165, 1.54) is 43.2 Å². The average Bonchev–Trinajstić information content (AvgIpc) is 2.68. The van der Waals surface area contributed by atoms with Crippen LogP contribution in [0.4, 0.5) is 0 Å². The minimum atomic E-state index is -0.110. The monoisotopic (exact) mass is 374 g/mol. The minimum absolute atomic E-state index is 0.110. The van der Waals surface area contributed by atoms with E-state index in [2.05, 4.69) is 46.4 Å². The summed E-state index contributed by atoms with van der Waals surface area (Å²) in [5, 5.41) is 12.8. The summed E-state index contributed by atoms with van der Waals surface area (Å²) in [4.78, 5) is 6.85. The lowest BCUT2D eigenvalue weighted by atomic mass is 10.1. The molecular formula is C22H38N4O. The van der Waals surface area contributed by atoms with E-state index in [4.69, 9.17) is 5.73 Å². The number of likely N-dealkylation sites (tertiary alicyclic amines) is 1. The number of guanidine groups is 1. The second-order valence-corrected chi connectivity index (χ2v) is 7.72. The van der Waals surface area contributed by atoms with Gasteiger partial charge < -0.3 is 16.2 Å². The predicted molar refractivity (Wildman–Crippen MR) is 114 cm³/mol. The Kier molecular flexibility index (Phi) is 10.2. The molecule has 0 radical (unpaired) electrons. The Balaban J connectivity index is 1.62. The summed E-state index contributed by atoms with van der Waals surface area (Å²) >= 11 is 0. The van der Waals surface area contributed by atoms with Gasteiger partial charge in [0.1, 0.15) is 0 Å². The normalized spacial score (nSPS) is 16.6. The molecule has 0 aromatic heterocycles. The van der Waals surface area contributed by atoms with E-state index >= 15 is 0 Å². The van der Waals surface area contributed by atoms with Gasteiger partial charge in [-0.1, -0.05) is 63.3 Å². The molecule has 1 aromatic carbocycles. The van der Waals surface area contributed by atoms with Crippen molar-refractivity contribution in [2.75, 3.05) is 19.6 Å². The number of rotatable bonds is 11. The van der Waals surface area contributed by atoms with Crippen LogP contribution in [-0.2, 0) is 13.1 Å². The lowest BCUT2D eigenvalue weighted by Gasteiger charge is -2.29. The molecule has 0 amide bonds. The Morgan fingerprint density at radius 3 is 2.41 bits per heavy atom. The van der Waals surface area contributed by atoms with E-state index in [-0.39, 0.29) is 6.10 Å². The lowest BCUT2D eigenvalue weighted by molar-refractivity contribution is 0.0792. The number of hydrogen-bond acceptors (Lipinski definition) is 3. The van der Waals surface area contributed by atoms with Gasteiger partial charge in [-0.2, -0.15) is 0 Å². The van der Waals surface area contributed by atoms with Gasteiger partial charge in [0.05, 0.1) is 12.6 Å². The van der Waals surface area contributed by atoms with Crippen LogP contribution in [0.5, 0.6) is 0 Å². The molecule has 1 aromatic rings. The summed E-state index contributed by atoms with van der Waals surface area (Å²) in [7, 11) is 0. The van der Waals surface area contributed by atoms with E-state index in [9.17, 15) is 5.11 Å². The summed E-state index contributed by atoms with van der Waals surface area (Å²) in [5.74, 6) is 0.541. The number of unbranched alkanes of at least 4 members (excludes halogenated alkanes) is 5. The number of piperidine rings is 1. The Morgan fingerprint density at radius 1 is 1.07 bits per heavy atom. The molecule has 0 aliphatic carbocycles. The highest BCUT2D eigenvalue weighted by Gasteiger charge is 2.16. The maximum absolute atomic E-state index is 9.59. The van der Waals surface area contributed by atoms with Gasteiger partial charge in [-0.05, 0) is 30.4 Å². The van der Waals surface area contributed by atoms with Gasteiger partial charge in [0.25, 0.3) is 0 Å². The highest BCUT2D eigenvalue weighted by Crippen LogP contribution is 2.14. The van der Waals surface area contributed by atoms with E-state index < -0.39 is 0 Å². The number of hydrogen-bond donors (Lipinski definition) is 3. The Labute approximate surface area is 165 Å². The van der Waals surface area contributed by atoms with Crippen LogP contribution in [0.1, 0.15) is 69.4 Å². The number of aliphatic imine (C=N–C) groups is 1. The van der Waals surface area contributed by atoms with Crippen LogP contribution in [0.3, 0.4) is 0 Å². The van der Waals surface area contributed by atoms with Crippen molar-refractivity contribution in [1.82, 2.24) is 10.2 Å². The van der Waals surface area contributed by atoms with Crippen molar-refractivity contribution < 1.29 is 5.11 Å². The fourth-order valence-corrected chi connectivity index (χ4v) is 3.44. The van der Waals surface area contributed by atoms with E-state index in [1.54, 1.807) is 0 Å². The highest BCUT2D eigenvalue weighted by atomic mass is 16.3. The second kappa shape index (κ2) is 12.7. The summed E-state index contributed by atoms with van der Waals surface area (Å²) < 4.78 is 0. The first kappa shape index (κ1) is 21.7. The third-order valence-corrected chi connectivity index (χ3v) is 5.25. The second-order valence-electron chi connectivity index (χ2n) is 7.72. The molecule has 1 aliphatic heterocycles. The third kappa shape index (κ3) is 9.25. The largest absolute Gasteiger partial charge is 0.393 e. The van der Waals surface area contributed by atoms with Crippen molar-refractivity contribution in [1.29, 1.82) is 0 Å². The molecule has 27 heavy (non-hydrogen) atoms. The maximum Gasteiger partial charge on any atom is 0.188 e. The molecule has 152 valence electrons. The highest BCUT2D eigenvalue weighted by molar-refractivity contribution is 5.77. The number of nitrogens with one attached hydrogen (secondary N) is 1. The number of benzene rings is 1. The van der Waals surface area contributed by atoms with Gasteiger partial charge in [0.2, 0.25) is 0 Å². The minimum Gasteiger partial charge on any atom is -0.393 e. The first-order valence-corrected chi connectivity index (χ1v) is 10.7. The molecule has 1 heterocycles. The van der Waals surface area contributed by atoms with Crippen molar-refractivity contribution >= 4 is 5.96 Å². The zero-order valence-corrected chi connectivity index (χ0v) is 17.0. The van der Waals surface area contributed by atoms with Crippen LogP contribution in [0.2, 0.25) is 0 Å². The molecule has 5 heteroatoms.